The Morgan fingerprint density at radius 3 is 2.58 bits per heavy atom. The van der Waals surface area contributed by atoms with Gasteiger partial charge in [0.25, 0.3) is 0 Å². The second-order valence-electron chi connectivity index (χ2n) is 8.17. The zero-order valence-electron chi connectivity index (χ0n) is 19.3. The summed E-state index contributed by atoms with van der Waals surface area (Å²) < 4.78 is 7.61. The van der Waals surface area contributed by atoms with E-state index in [2.05, 4.69) is 16.5 Å². The molecule has 0 saturated carbocycles. The highest BCUT2D eigenvalue weighted by molar-refractivity contribution is 7.09. The number of esters is 1. The first-order valence-electron chi connectivity index (χ1n) is 11.2. The molecule has 0 atom stereocenters. The Balaban J connectivity index is 1.97. The standard InChI is InChI=1S/C26H30N2O4S/c1-4-5-8-24-27-16-22(28(24)17-19-9-11-20(12-10-19)25(29)30)14-21(26(31)32-18(2)3)15-23-7-6-13-33-23/h6-7,9-14,16,18H,4-5,8,15,17H2,1-3H3,(H,29,30). The van der Waals surface area contributed by atoms with Gasteiger partial charge in [0.1, 0.15) is 5.82 Å². The van der Waals surface area contributed by atoms with Crippen molar-refractivity contribution in [3.63, 3.8) is 0 Å². The molecule has 0 amide bonds. The lowest BCUT2D eigenvalue weighted by molar-refractivity contribution is -0.142. The highest BCUT2D eigenvalue weighted by atomic mass is 32.1. The maximum atomic E-state index is 12.9. The highest BCUT2D eigenvalue weighted by Crippen LogP contribution is 2.21. The molecule has 6 nitrogen and oxygen atoms in total. The smallest absolute Gasteiger partial charge is 0.335 e. The van der Waals surface area contributed by atoms with Gasteiger partial charge in [-0.05, 0) is 55.5 Å². The minimum Gasteiger partial charge on any atom is -0.478 e. The van der Waals surface area contributed by atoms with Crippen LogP contribution >= 0.6 is 11.3 Å². The van der Waals surface area contributed by atoms with Crippen LogP contribution in [-0.2, 0) is 28.9 Å². The molecule has 0 aliphatic rings. The number of aromatic nitrogens is 2. The van der Waals surface area contributed by atoms with E-state index in [0.717, 1.165) is 41.2 Å². The molecule has 3 aromatic rings. The molecular weight excluding hydrogens is 436 g/mol. The number of nitrogens with zero attached hydrogens (tertiary/aromatic N) is 2. The van der Waals surface area contributed by atoms with E-state index in [4.69, 9.17) is 4.74 Å². The first-order valence-corrected chi connectivity index (χ1v) is 12.1. The number of thiophene rings is 1. The second-order valence-corrected chi connectivity index (χ2v) is 9.20. The van der Waals surface area contributed by atoms with Crippen molar-refractivity contribution in [1.29, 1.82) is 0 Å². The van der Waals surface area contributed by atoms with Crippen molar-refractivity contribution < 1.29 is 19.4 Å². The lowest BCUT2D eigenvalue weighted by atomic mass is 10.1. The van der Waals surface area contributed by atoms with Crippen LogP contribution in [0.25, 0.3) is 6.08 Å². The largest absolute Gasteiger partial charge is 0.478 e. The maximum Gasteiger partial charge on any atom is 0.335 e. The third-order valence-electron chi connectivity index (χ3n) is 5.14. The molecule has 0 aliphatic heterocycles. The van der Waals surface area contributed by atoms with Crippen LogP contribution < -0.4 is 0 Å². The summed E-state index contributed by atoms with van der Waals surface area (Å²) in [5, 5.41) is 11.2. The Hall–Kier alpha value is -3.19. The molecule has 7 heteroatoms. The van der Waals surface area contributed by atoms with Crippen LogP contribution in [0, 0.1) is 0 Å². The van der Waals surface area contributed by atoms with E-state index in [9.17, 15) is 14.7 Å². The molecule has 0 bridgehead atoms. The van der Waals surface area contributed by atoms with E-state index < -0.39 is 5.97 Å². The Bertz CT molecular complexity index is 1100. The van der Waals surface area contributed by atoms with Crippen LogP contribution in [0.2, 0.25) is 0 Å². The SMILES string of the molecule is CCCCc1ncc(C=C(Cc2cccs2)C(=O)OC(C)C)n1Cc1ccc(C(=O)O)cc1. The molecule has 1 aromatic carbocycles. The second kappa shape index (κ2) is 11.6. The lowest BCUT2D eigenvalue weighted by Gasteiger charge is -2.13. The number of imidazole rings is 1. The van der Waals surface area contributed by atoms with Crippen molar-refractivity contribution >= 4 is 29.4 Å². The van der Waals surface area contributed by atoms with Gasteiger partial charge < -0.3 is 14.4 Å². The molecule has 3 rings (SSSR count). The summed E-state index contributed by atoms with van der Waals surface area (Å²) >= 11 is 1.61. The average molecular weight is 467 g/mol. The summed E-state index contributed by atoms with van der Waals surface area (Å²) in [6, 6.07) is 10.8. The quantitative estimate of drug-likeness (QED) is 0.293. The Labute approximate surface area is 198 Å². The number of rotatable bonds is 11. The van der Waals surface area contributed by atoms with Crippen molar-refractivity contribution in [1.82, 2.24) is 9.55 Å². The molecule has 0 radical (unpaired) electrons. The van der Waals surface area contributed by atoms with Gasteiger partial charge in [-0.15, -0.1) is 11.3 Å². The minimum absolute atomic E-state index is 0.206. The molecule has 0 spiro atoms. The zero-order chi connectivity index (χ0) is 23.8. The molecule has 174 valence electrons. The monoisotopic (exact) mass is 466 g/mol. The van der Waals surface area contributed by atoms with Crippen LogP contribution in [0.4, 0.5) is 0 Å². The van der Waals surface area contributed by atoms with Crippen molar-refractivity contribution in [2.24, 2.45) is 0 Å². The van der Waals surface area contributed by atoms with Gasteiger partial charge in [0.2, 0.25) is 0 Å². The Kier molecular flexibility index (Phi) is 8.60. The average Bonchev–Trinajstić information content (AvgIpc) is 3.42. The number of carboxylic acids is 1. The molecule has 0 fully saturated rings. The predicted molar refractivity (Wildman–Crippen MR) is 131 cm³/mol. The molecule has 1 N–H and O–H groups in total. The van der Waals surface area contributed by atoms with E-state index in [0.29, 0.717) is 18.5 Å². The summed E-state index contributed by atoms with van der Waals surface area (Å²) in [5.41, 5.74) is 2.63. The van der Waals surface area contributed by atoms with Gasteiger partial charge in [0, 0.05) is 29.8 Å². The maximum absolute atomic E-state index is 12.9. The van der Waals surface area contributed by atoms with Crippen molar-refractivity contribution in [3.05, 3.63) is 81.1 Å². The van der Waals surface area contributed by atoms with Gasteiger partial charge in [0.15, 0.2) is 0 Å². The number of carbonyl (C=O) groups excluding carboxylic acids is 1. The van der Waals surface area contributed by atoms with Crippen molar-refractivity contribution in [2.45, 2.75) is 59.1 Å². The third kappa shape index (κ3) is 6.89. The van der Waals surface area contributed by atoms with E-state index in [-0.39, 0.29) is 17.6 Å². The molecule has 2 aromatic heterocycles. The molecule has 33 heavy (non-hydrogen) atoms. The number of hydrogen-bond acceptors (Lipinski definition) is 5. The van der Waals surface area contributed by atoms with Gasteiger partial charge in [-0.3, -0.25) is 0 Å². The lowest BCUT2D eigenvalue weighted by Crippen LogP contribution is -2.15. The summed E-state index contributed by atoms with van der Waals surface area (Å²) in [6.45, 7) is 6.36. The fourth-order valence-corrected chi connectivity index (χ4v) is 4.18. The predicted octanol–water partition coefficient (Wildman–Crippen LogP) is 5.61. The first-order chi connectivity index (χ1) is 15.9. The fraction of sp³-hybridized carbons (Fsp3) is 0.346. The zero-order valence-corrected chi connectivity index (χ0v) is 20.1. The van der Waals surface area contributed by atoms with Gasteiger partial charge in [-0.25, -0.2) is 14.6 Å². The molecule has 0 aliphatic carbocycles. The number of carboxylic acid groups (broad SMARTS) is 1. The Morgan fingerprint density at radius 2 is 1.97 bits per heavy atom. The number of benzene rings is 1. The normalized spacial score (nSPS) is 11.7. The van der Waals surface area contributed by atoms with Crippen LogP contribution in [0.5, 0.6) is 0 Å². The molecule has 0 unspecified atom stereocenters. The molecule has 0 saturated heterocycles. The summed E-state index contributed by atoms with van der Waals surface area (Å²) in [7, 11) is 0. The summed E-state index contributed by atoms with van der Waals surface area (Å²) in [5.74, 6) is -0.330. The van der Waals surface area contributed by atoms with E-state index in [1.54, 1.807) is 29.7 Å². The number of unbranched alkanes of at least 4 members (excludes halogenated alkanes) is 1. The van der Waals surface area contributed by atoms with E-state index in [1.165, 1.54) is 0 Å². The van der Waals surface area contributed by atoms with E-state index >= 15 is 0 Å². The number of carbonyl (C=O) groups is 2. The van der Waals surface area contributed by atoms with Gasteiger partial charge >= 0.3 is 11.9 Å². The van der Waals surface area contributed by atoms with Gasteiger partial charge in [-0.2, -0.15) is 0 Å². The third-order valence-corrected chi connectivity index (χ3v) is 6.01. The molecule has 2 heterocycles. The molecular formula is C26H30N2O4S. The van der Waals surface area contributed by atoms with Gasteiger partial charge in [-0.1, -0.05) is 31.5 Å². The van der Waals surface area contributed by atoms with Crippen molar-refractivity contribution in [2.75, 3.05) is 0 Å². The number of hydrogen-bond donors (Lipinski definition) is 1. The van der Waals surface area contributed by atoms with Crippen molar-refractivity contribution in [3.8, 4) is 0 Å². The summed E-state index contributed by atoms with van der Waals surface area (Å²) in [6.07, 6.45) is 6.85. The van der Waals surface area contributed by atoms with E-state index in [1.807, 2.05) is 49.6 Å². The van der Waals surface area contributed by atoms with Crippen LogP contribution in [0.3, 0.4) is 0 Å². The van der Waals surface area contributed by atoms with Crippen LogP contribution in [-0.4, -0.2) is 32.7 Å². The first kappa shape index (κ1) is 24.5. The van der Waals surface area contributed by atoms with Crippen LogP contribution in [0.15, 0.2) is 53.5 Å². The number of ether oxygens (including phenoxy) is 1. The summed E-state index contributed by atoms with van der Waals surface area (Å²) in [4.78, 5) is 29.8. The number of aromatic carboxylic acids is 1. The Morgan fingerprint density at radius 1 is 1.21 bits per heavy atom. The van der Waals surface area contributed by atoms with Gasteiger partial charge in [0.05, 0.1) is 23.6 Å². The minimum atomic E-state index is -0.946. The van der Waals surface area contributed by atoms with Crippen LogP contribution in [0.1, 0.15) is 65.9 Å². The number of aryl methyl sites for hydroxylation is 1. The highest BCUT2D eigenvalue weighted by Gasteiger charge is 2.17. The fourth-order valence-electron chi connectivity index (χ4n) is 3.45. The topological polar surface area (TPSA) is 81.4 Å².